The highest BCUT2D eigenvalue weighted by atomic mass is 19.4. The van der Waals surface area contributed by atoms with Crippen molar-refractivity contribution in [1.82, 2.24) is 15.5 Å². The summed E-state index contributed by atoms with van der Waals surface area (Å²) in [5, 5.41) is 12.7. The molecule has 2 aromatic carbocycles. The molecule has 0 atom stereocenters. The number of amides is 2. The van der Waals surface area contributed by atoms with E-state index in [4.69, 9.17) is 10.1 Å². The van der Waals surface area contributed by atoms with Gasteiger partial charge in [-0.05, 0) is 47.5 Å². The standard InChI is InChI=1S/C27H27F3N6O5/c1-35(2)21-12-18(7-8-23(21)40-16-37)15-32-25(38)20-13-22(36(3)24(34-20)9-10-31)26(39)33-14-17-5-4-6-19(11-17)41-27(28,29)30/h4-13,16,31H,14-15H2,1-3H3,(H,32,38)(H,33,39)/b24-9-,31-10?. The molecule has 11 nitrogen and oxygen atoms in total. The lowest BCUT2D eigenvalue weighted by Crippen LogP contribution is -2.38. The summed E-state index contributed by atoms with van der Waals surface area (Å²) in [4.78, 5) is 44.2. The highest BCUT2D eigenvalue weighted by Gasteiger charge is 2.31. The Bertz CT molecular complexity index is 1420. The molecule has 1 aliphatic heterocycles. The van der Waals surface area contributed by atoms with Gasteiger partial charge in [0, 0.05) is 40.4 Å². The number of anilines is 1. The summed E-state index contributed by atoms with van der Waals surface area (Å²) in [6, 6.07) is 10.2. The van der Waals surface area contributed by atoms with Crippen molar-refractivity contribution in [1.29, 1.82) is 5.41 Å². The van der Waals surface area contributed by atoms with Gasteiger partial charge in [-0.1, -0.05) is 18.2 Å². The van der Waals surface area contributed by atoms with Gasteiger partial charge < -0.3 is 35.3 Å². The van der Waals surface area contributed by atoms with Crippen LogP contribution in [-0.2, 0) is 27.5 Å². The molecular formula is C27H27F3N6O5. The van der Waals surface area contributed by atoms with Crippen LogP contribution in [0.25, 0.3) is 0 Å². The molecule has 0 aliphatic carbocycles. The largest absolute Gasteiger partial charge is 0.573 e. The average Bonchev–Trinajstić information content (AvgIpc) is 2.91. The van der Waals surface area contributed by atoms with Crippen LogP contribution in [-0.4, -0.2) is 62.6 Å². The van der Waals surface area contributed by atoms with Crippen LogP contribution in [0.15, 0.2) is 71.1 Å². The van der Waals surface area contributed by atoms with Crippen molar-refractivity contribution < 1.29 is 37.0 Å². The number of hydrogen-bond acceptors (Lipinski definition) is 9. The Balaban J connectivity index is 1.75. The summed E-state index contributed by atoms with van der Waals surface area (Å²) >= 11 is 0. The highest BCUT2D eigenvalue weighted by Crippen LogP contribution is 2.28. The van der Waals surface area contributed by atoms with Crippen LogP contribution in [0.4, 0.5) is 18.9 Å². The minimum Gasteiger partial charge on any atom is -0.427 e. The predicted octanol–water partition coefficient (Wildman–Crippen LogP) is 2.88. The van der Waals surface area contributed by atoms with Gasteiger partial charge in [0.25, 0.3) is 18.3 Å². The Morgan fingerprint density at radius 1 is 1.07 bits per heavy atom. The van der Waals surface area contributed by atoms with Crippen LogP contribution in [0, 0.1) is 5.41 Å². The second-order valence-corrected chi connectivity index (χ2v) is 8.75. The van der Waals surface area contributed by atoms with Crippen molar-refractivity contribution in [3.63, 3.8) is 0 Å². The quantitative estimate of drug-likeness (QED) is 0.278. The van der Waals surface area contributed by atoms with Gasteiger partial charge >= 0.3 is 6.36 Å². The van der Waals surface area contributed by atoms with Crippen molar-refractivity contribution in [3.05, 3.63) is 77.3 Å². The Kier molecular flexibility index (Phi) is 9.85. The van der Waals surface area contributed by atoms with E-state index < -0.39 is 23.9 Å². The average molecular weight is 573 g/mol. The molecule has 41 heavy (non-hydrogen) atoms. The first-order valence-corrected chi connectivity index (χ1v) is 12.0. The number of likely N-dealkylation sites (N-methyl/N-ethyl adjacent to an activating group) is 1. The minimum absolute atomic E-state index is 0.0196. The van der Waals surface area contributed by atoms with Gasteiger partial charge in [0.2, 0.25) is 0 Å². The number of benzene rings is 2. The molecule has 0 saturated heterocycles. The van der Waals surface area contributed by atoms with Crippen molar-refractivity contribution in [3.8, 4) is 11.5 Å². The molecule has 14 heteroatoms. The molecule has 1 heterocycles. The third-order valence-electron chi connectivity index (χ3n) is 5.63. The smallest absolute Gasteiger partial charge is 0.427 e. The van der Waals surface area contributed by atoms with Gasteiger partial charge in [0.05, 0.1) is 5.69 Å². The van der Waals surface area contributed by atoms with E-state index >= 15 is 0 Å². The van der Waals surface area contributed by atoms with Gasteiger partial charge in [-0.3, -0.25) is 14.4 Å². The summed E-state index contributed by atoms with van der Waals surface area (Å²) in [6.45, 7) is 0.283. The first-order chi connectivity index (χ1) is 19.4. The summed E-state index contributed by atoms with van der Waals surface area (Å²) < 4.78 is 46.5. The van der Waals surface area contributed by atoms with Crippen molar-refractivity contribution in [2.45, 2.75) is 19.5 Å². The third kappa shape index (κ3) is 8.42. The van der Waals surface area contributed by atoms with Gasteiger partial charge in [-0.25, -0.2) is 4.99 Å². The number of alkyl halides is 3. The lowest BCUT2D eigenvalue weighted by Gasteiger charge is -2.26. The number of nitrogens with one attached hydrogen (secondary N) is 3. The van der Waals surface area contributed by atoms with Crippen molar-refractivity contribution in [2.75, 3.05) is 26.0 Å². The van der Waals surface area contributed by atoms with E-state index in [2.05, 4.69) is 20.4 Å². The van der Waals surface area contributed by atoms with Gasteiger partial charge in [0.1, 0.15) is 23.0 Å². The van der Waals surface area contributed by atoms with Gasteiger partial charge in [-0.2, -0.15) is 0 Å². The number of carbonyl (C=O) groups is 3. The topological polar surface area (TPSA) is 136 Å². The molecule has 0 saturated carbocycles. The van der Waals surface area contributed by atoms with Crippen LogP contribution in [0.1, 0.15) is 11.1 Å². The SMILES string of the molecule is CN1C(C(=O)NCc2cccc(OC(F)(F)F)c2)=CC(C(=O)NCc2ccc(OC=O)c(N(C)C)c2)=N/C1=C/C=N. The molecule has 3 N–H and O–H groups in total. The van der Waals surface area contributed by atoms with Crippen molar-refractivity contribution >= 4 is 35.9 Å². The normalized spacial score (nSPS) is 14.0. The van der Waals surface area contributed by atoms with Crippen LogP contribution in [0.5, 0.6) is 11.5 Å². The molecule has 2 aromatic rings. The molecular weight excluding hydrogens is 545 g/mol. The predicted molar refractivity (Wildman–Crippen MR) is 144 cm³/mol. The Morgan fingerprint density at radius 3 is 2.39 bits per heavy atom. The highest BCUT2D eigenvalue weighted by molar-refractivity contribution is 6.44. The van der Waals surface area contributed by atoms with Crippen LogP contribution in [0.2, 0.25) is 0 Å². The number of hydrogen-bond donors (Lipinski definition) is 3. The third-order valence-corrected chi connectivity index (χ3v) is 5.63. The summed E-state index contributed by atoms with van der Waals surface area (Å²) in [5.74, 6) is -1.17. The second kappa shape index (κ2) is 13.3. The summed E-state index contributed by atoms with van der Waals surface area (Å²) in [7, 11) is 5.05. The van der Waals surface area contributed by atoms with Crippen LogP contribution >= 0.6 is 0 Å². The molecule has 0 spiro atoms. The molecule has 0 radical (unpaired) electrons. The second-order valence-electron chi connectivity index (χ2n) is 8.75. The molecule has 2 amide bonds. The van der Waals surface area contributed by atoms with Crippen LogP contribution < -0.4 is 25.0 Å². The fraction of sp³-hybridized carbons (Fsp3) is 0.222. The Hall–Kier alpha value is -5.14. The fourth-order valence-corrected chi connectivity index (χ4v) is 3.71. The number of nitrogens with zero attached hydrogens (tertiary/aromatic N) is 3. The Morgan fingerprint density at radius 2 is 1.76 bits per heavy atom. The van der Waals surface area contributed by atoms with Crippen LogP contribution in [0.3, 0.4) is 0 Å². The van der Waals surface area contributed by atoms with E-state index in [9.17, 15) is 27.6 Å². The number of rotatable bonds is 11. The lowest BCUT2D eigenvalue weighted by atomic mass is 10.1. The van der Waals surface area contributed by atoms with E-state index in [0.717, 1.165) is 18.3 Å². The van der Waals surface area contributed by atoms with E-state index in [1.165, 1.54) is 36.2 Å². The van der Waals surface area contributed by atoms with E-state index in [1.807, 2.05) is 0 Å². The first-order valence-electron chi connectivity index (χ1n) is 12.0. The number of carbonyl (C=O) groups excluding carboxylic acids is 3. The molecule has 1 aliphatic rings. The number of allylic oxidation sites excluding steroid dienone is 1. The van der Waals surface area contributed by atoms with E-state index in [-0.39, 0.29) is 30.3 Å². The maximum absolute atomic E-state index is 13.0. The summed E-state index contributed by atoms with van der Waals surface area (Å²) in [6.07, 6.45) is -1.35. The maximum atomic E-state index is 13.0. The summed E-state index contributed by atoms with van der Waals surface area (Å²) in [5.41, 5.74) is 1.58. The molecule has 0 unspecified atom stereocenters. The zero-order valence-corrected chi connectivity index (χ0v) is 22.3. The zero-order valence-electron chi connectivity index (χ0n) is 22.3. The minimum atomic E-state index is -4.85. The maximum Gasteiger partial charge on any atom is 0.573 e. The van der Waals surface area contributed by atoms with Gasteiger partial charge in [0.15, 0.2) is 5.75 Å². The lowest BCUT2D eigenvalue weighted by molar-refractivity contribution is -0.274. The van der Waals surface area contributed by atoms with Gasteiger partial charge in [-0.15, -0.1) is 13.2 Å². The number of halogens is 3. The fourth-order valence-electron chi connectivity index (χ4n) is 3.71. The monoisotopic (exact) mass is 572 g/mol. The van der Waals surface area contributed by atoms with E-state index in [0.29, 0.717) is 29.0 Å². The molecule has 0 aromatic heterocycles. The molecule has 0 fully saturated rings. The molecule has 0 bridgehead atoms. The van der Waals surface area contributed by atoms with Crippen molar-refractivity contribution in [2.24, 2.45) is 4.99 Å². The first kappa shape index (κ1) is 30.4. The number of ether oxygens (including phenoxy) is 2. The zero-order chi connectivity index (χ0) is 30.2. The Labute approximate surface area is 233 Å². The number of aliphatic imine (C=N–C) groups is 1. The van der Waals surface area contributed by atoms with E-state index in [1.54, 1.807) is 37.2 Å². The molecule has 216 valence electrons. The molecule has 3 rings (SSSR count).